The Balaban J connectivity index is 1.91. The molecule has 0 saturated heterocycles. The minimum Gasteiger partial charge on any atom is -0.392 e. The molecule has 0 amide bonds. The summed E-state index contributed by atoms with van der Waals surface area (Å²) in [5.41, 5.74) is 2.13. The first-order valence-corrected chi connectivity index (χ1v) is 6.90. The number of rotatable bonds is 12. The molecule has 0 spiro atoms. The van der Waals surface area contributed by atoms with E-state index in [0.717, 1.165) is 18.7 Å². The van der Waals surface area contributed by atoms with Crippen LogP contribution in [-0.4, -0.2) is 51.8 Å². The Morgan fingerprint density at radius 2 is 1.50 bits per heavy atom. The Bertz CT molecular complexity index is 329. The van der Waals surface area contributed by atoms with Crippen LogP contribution in [0.5, 0.6) is 0 Å². The normalized spacial score (nSPS) is 10.9. The predicted molar refractivity (Wildman–Crippen MR) is 77.6 cm³/mol. The van der Waals surface area contributed by atoms with Crippen LogP contribution in [0, 0.1) is 0 Å². The first-order valence-electron chi connectivity index (χ1n) is 6.90. The van der Waals surface area contributed by atoms with Crippen LogP contribution < -0.4 is 5.32 Å². The third-order valence-corrected chi connectivity index (χ3v) is 2.76. The number of ether oxygens (including phenoxy) is 3. The van der Waals surface area contributed by atoms with Gasteiger partial charge < -0.3 is 24.6 Å². The molecule has 0 fully saturated rings. The van der Waals surface area contributed by atoms with Crippen LogP contribution in [0.15, 0.2) is 24.3 Å². The zero-order valence-electron chi connectivity index (χ0n) is 12.1. The highest BCUT2D eigenvalue weighted by molar-refractivity contribution is 5.21. The van der Waals surface area contributed by atoms with Gasteiger partial charge in [-0.05, 0) is 11.1 Å². The fraction of sp³-hybridized carbons (Fsp3) is 0.600. The summed E-state index contributed by atoms with van der Waals surface area (Å²) in [7, 11) is 1.66. The van der Waals surface area contributed by atoms with Crippen LogP contribution in [0.25, 0.3) is 0 Å². The molecule has 0 atom stereocenters. The summed E-state index contributed by atoms with van der Waals surface area (Å²) in [6.07, 6.45) is 0. The smallest absolute Gasteiger partial charge is 0.0701 e. The average Bonchev–Trinajstić information content (AvgIpc) is 2.50. The van der Waals surface area contributed by atoms with E-state index in [4.69, 9.17) is 19.3 Å². The second-order valence-corrected chi connectivity index (χ2v) is 4.37. The molecule has 0 aliphatic rings. The lowest BCUT2D eigenvalue weighted by Gasteiger charge is -2.07. The first-order chi connectivity index (χ1) is 9.86. The minimum absolute atomic E-state index is 0.0913. The van der Waals surface area contributed by atoms with E-state index in [2.05, 4.69) is 5.32 Å². The summed E-state index contributed by atoms with van der Waals surface area (Å²) >= 11 is 0. The van der Waals surface area contributed by atoms with E-state index in [1.165, 1.54) is 5.56 Å². The van der Waals surface area contributed by atoms with E-state index < -0.39 is 0 Å². The molecule has 0 heterocycles. The molecular weight excluding hydrogens is 258 g/mol. The van der Waals surface area contributed by atoms with Gasteiger partial charge >= 0.3 is 0 Å². The lowest BCUT2D eigenvalue weighted by atomic mass is 10.1. The van der Waals surface area contributed by atoms with Gasteiger partial charge in [-0.3, -0.25) is 0 Å². The zero-order valence-corrected chi connectivity index (χ0v) is 12.1. The number of hydrogen-bond donors (Lipinski definition) is 2. The predicted octanol–water partition coefficient (Wildman–Crippen LogP) is 0.948. The molecule has 0 radical (unpaired) electrons. The highest BCUT2D eigenvalue weighted by Gasteiger charge is 1.94. The third kappa shape index (κ3) is 8.24. The van der Waals surface area contributed by atoms with E-state index in [1.807, 2.05) is 24.3 Å². The highest BCUT2D eigenvalue weighted by Crippen LogP contribution is 2.03. The molecule has 0 bridgehead atoms. The van der Waals surface area contributed by atoms with Crippen LogP contribution >= 0.6 is 0 Å². The number of nitrogens with one attached hydrogen (secondary N) is 1. The van der Waals surface area contributed by atoms with Gasteiger partial charge in [0.15, 0.2) is 0 Å². The molecule has 2 N–H and O–H groups in total. The van der Waals surface area contributed by atoms with Crippen LogP contribution in [0.4, 0.5) is 0 Å². The van der Waals surface area contributed by atoms with E-state index in [9.17, 15) is 0 Å². The molecule has 1 rings (SSSR count). The van der Waals surface area contributed by atoms with Crippen LogP contribution in [0.1, 0.15) is 11.1 Å². The second-order valence-electron chi connectivity index (χ2n) is 4.37. The molecule has 1 aromatic rings. The standard InChI is InChI=1S/C15H25NO4/c1-18-8-9-20-11-10-19-7-6-16-12-14-2-4-15(13-17)5-3-14/h2-5,16-17H,6-13H2,1H3. The number of methoxy groups -OCH3 is 1. The molecule has 114 valence electrons. The summed E-state index contributed by atoms with van der Waals surface area (Å²) in [6, 6.07) is 7.90. The number of aliphatic hydroxyl groups excluding tert-OH is 1. The quantitative estimate of drug-likeness (QED) is 0.559. The number of aliphatic hydroxyl groups is 1. The van der Waals surface area contributed by atoms with Crippen molar-refractivity contribution in [3.05, 3.63) is 35.4 Å². The highest BCUT2D eigenvalue weighted by atomic mass is 16.5. The Morgan fingerprint density at radius 3 is 2.15 bits per heavy atom. The van der Waals surface area contributed by atoms with Gasteiger partial charge in [0.05, 0.1) is 39.6 Å². The molecule has 0 aliphatic carbocycles. The van der Waals surface area contributed by atoms with Crippen molar-refractivity contribution >= 4 is 0 Å². The maximum atomic E-state index is 8.94. The van der Waals surface area contributed by atoms with Gasteiger partial charge in [-0.25, -0.2) is 0 Å². The van der Waals surface area contributed by atoms with Crippen molar-refractivity contribution in [3.63, 3.8) is 0 Å². The average molecular weight is 283 g/mol. The van der Waals surface area contributed by atoms with Crippen molar-refractivity contribution in [3.8, 4) is 0 Å². The molecule has 0 saturated carbocycles. The number of hydrogen-bond acceptors (Lipinski definition) is 5. The van der Waals surface area contributed by atoms with Crippen molar-refractivity contribution in [2.24, 2.45) is 0 Å². The summed E-state index contributed by atoms with van der Waals surface area (Å²) in [4.78, 5) is 0. The van der Waals surface area contributed by atoms with Crippen molar-refractivity contribution < 1.29 is 19.3 Å². The molecule has 1 aromatic carbocycles. The Labute approximate surface area is 120 Å². The molecule has 5 nitrogen and oxygen atoms in total. The largest absolute Gasteiger partial charge is 0.392 e. The van der Waals surface area contributed by atoms with Crippen LogP contribution in [0.2, 0.25) is 0 Å². The third-order valence-electron chi connectivity index (χ3n) is 2.76. The van der Waals surface area contributed by atoms with Gasteiger partial charge in [-0.1, -0.05) is 24.3 Å². The van der Waals surface area contributed by atoms with Crippen LogP contribution in [-0.2, 0) is 27.4 Å². The molecule has 5 heteroatoms. The van der Waals surface area contributed by atoms with Crippen molar-refractivity contribution in [2.75, 3.05) is 46.7 Å². The SMILES string of the molecule is COCCOCCOCCNCc1ccc(CO)cc1. The summed E-state index contributed by atoms with van der Waals surface area (Å²) in [6.45, 7) is 4.82. The maximum Gasteiger partial charge on any atom is 0.0701 e. The molecule has 0 aliphatic heterocycles. The fourth-order valence-electron chi connectivity index (χ4n) is 1.60. The monoisotopic (exact) mass is 283 g/mol. The Morgan fingerprint density at radius 1 is 0.900 bits per heavy atom. The molecular formula is C15H25NO4. The van der Waals surface area contributed by atoms with E-state index >= 15 is 0 Å². The number of benzene rings is 1. The summed E-state index contributed by atoms with van der Waals surface area (Å²) in [5, 5.41) is 12.2. The lowest BCUT2D eigenvalue weighted by Crippen LogP contribution is -2.20. The lowest BCUT2D eigenvalue weighted by molar-refractivity contribution is 0.0255. The van der Waals surface area contributed by atoms with Gasteiger partial charge in [-0.15, -0.1) is 0 Å². The molecule has 0 aromatic heterocycles. The zero-order chi connectivity index (χ0) is 14.5. The van der Waals surface area contributed by atoms with E-state index in [0.29, 0.717) is 33.0 Å². The topological polar surface area (TPSA) is 60.0 Å². The van der Waals surface area contributed by atoms with Gasteiger partial charge in [0.2, 0.25) is 0 Å². The minimum atomic E-state index is 0.0913. The fourth-order valence-corrected chi connectivity index (χ4v) is 1.60. The molecule has 0 unspecified atom stereocenters. The first kappa shape index (κ1) is 17.1. The van der Waals surface area contributed by atoms with E-state index in [1.54, 1.807) is 7.11 Å². The van der Waals surface area contributed by atoms with Crippen molar-refractivity contribution in [2.45, 2.75) is 13.2 Å². The summed E-state index contributed by atoms with van der Waals surface area (Å²) < 4.78 is 15.6. The van der Waals surface area contributed by atoms with Gasteiger partial charge in [0, 0.05) is 20.2 Å². The van der Waals surface area contributed by atoms with Gasteiger partial charge in [0.1, 0.15) is 0 Å². The van der Waals surface area contributed by atoms with Crippen molar-refractivity contribution in [1.82, 2.24) is 5.32 Å². The van der Waals surface area contributed by atoms with Crippen molar-refractivity contribution in [1.29, 1.82) is 0 Å². The second kappa shape index (κ2) is 11.8. The van der Waals surface area contributed by atoms with Crippen LogP contribution in [0.3, 0.4) is 0 Å². The summed E-state index contributed by atoms with van der Waals surface area (Å²) in [5.74, 6) is 0. The Hall–Kier alpha value is -0.980. The van der Waals surface area contributed by atoms with Gasteiger partial charge in [-0.2, -0.15) is 0 Å². The van der Waals surface area contributed by atoms with Gasteiger partial charge in [0.25, 0.3) is 0 Å². The van der Waals surface area contributed by atoms with E-state index in [-0.39, 0.29) is 6.61 Å². The molecule has 20 heavy (non-hydrogen) atoms. The maximum absolute atomic E-state index is 8.94. The Kier molecular flexibility index (Phi) is 10.1.